The van der Waals surface area contributed by atoms with Crippen molar-refractivity contribution in [3.8, 4) is 6.07 Å². The van der Waals surface area contributed by atoms with Crippen LogP contribution in [0.1, 0.15) is 30.9 Å². The lowest BCUT2D eigenvalue weighted by Crippen LogP contribution is -2.43. The summed E-state index contributed by atoms with van der Waals surface area (Å²) in [6.45, 7) is 11.1. The highest BCUT2D eigenvalue weighted by Gasteiger charge is 2.19. The molecule has 1 aromatic carbocycles. The topological polar surface area (TPSA) is 50.5 Å². The molecule has 4 nitrogen and oxygen atoms in total. The zero-order valence-corrected chi connectivity index (χ0v) is 14.7. The Morgan fingerprint density at radius 3 is 2.88 bits per heavy atom. The third-order valence-electron chi connectivity index (χ3n) is 4.66. The molecule has 1 saturated heterocycles. The molecular formula is C20H29N3O. The Kier molecular flexibility index (Phi) is 7.45. The van der Waals surface area contributed by atoms with Crippen LogP contribution in [0.15, 0.2) is 36.9 Å². The summed E-state index contributed by atoms with van der Waals surface area (Å²) in [6.07, 6.45) is 3.95. The van der Waals surface area contributed by atoms with Crippen LogP contribution in [0.25, 0.3) is 0 Å². The standard InChI is InChI=1S/C20H29N3O/c1-3-9-23(14-19-6-4-5-18(12-19)13-21)16-20(24)15-22-10-7-17(2)8-11-22/h3-6,12,17,20,24H,1,7-11,14-16H2,2H3. The molecule has 0 spiro atoms. The number of rotatable bonds is 8. The minimum Gasteiger partial charge on any atom is -0.390 e. The van der Waals surface area contributed by atoms with E-state index in [0.29, 0.717) is 12.1 Å². The van der Waals surface area contributed by atoms with Gasteiger partial charge < -0.3 is 10.0 Å². The average molecular weight is 327 g/mol. The Balaban J connectivity index is 1.87. The lowest BCUT2D eigenvalue weighted by Gasteiger charge is -2.33. The first-order valence-electron chi connectivity index (χ1n) is 8.83. The van der Waals surface area contributed by atoms with Crippen LogP contribution in [-0.4, -0.2) is 53.7 Å². The van der Waals surface area contributed by atoms with Gasteiger partial charge in [0.2, 0.25) is 0 Å². The van der Waals surface area contributed by atoms with Gasteiger partial charge >= 0.3 is 0 Å². The van der Waals surface area contributed by atoms with Gasteiger partial charge in [-0.25, -0.2) is 0 Å². The van der Waals surface area contributed by atoms with Gasteiger partial charge in [-0.2, -0.15) is 5.26 Å². The molecule has 4 heteroatoms. The summed E-state index contributed by atoms with van der Waals surface area (Å²) in [5.74, 6) is 0.808. The maximum atomic E-state index is 10.5. The SMILES string of the molecule is C=CCN(Cc1cccc(C#N)c1)CC(O)CN1CCC(C)CC1. The predicted molar refractivity (Wildman–Crippen MR) is 97.5 cm³/mol. The fraction of sp³-hybridized carbons (Fsp3) is 0.550. The van der Waals surface area contributed by atoms with E-state index in [4.69, 9.17) is 5.26 Å². The lowest BCUT2D eigenvalue weighted by atomic mass is 9.99. The Hall–Kier alpha value is -1.67. The fourth-order valence-corrected chi connectivity index (χ4v) is 3.28. The number of benzene rings is 1. The molecule has 1 atom stereocenters. The molecule has 0 aliphatic carbocycles. The van der Waals surface area contributed by atoms with Crippen LogP contribution in [0.2, 0.25) is 0 Å². The number of piperidine rings is 1. The van der Waals surface area contributed by atoms with Crippen LogP contribution in [0, 0.1) is 17.2 Å². The van der Waals surface area contributed by atoms with E-state index in [2.05, 4.69) is 29.4 Å². The third-order valence-corrected chi connectivity index (χ3v) is 4.66. The molecule has 0 radical (unpaired) electrons. The van der Waals surface area contributed by atoms with Crippen LogP contribution in [-0.2, 0) is 6.54 Å². The smallest absolute Gasteiger partial charge is 0.0991 e. The Labute approximate surface area is 146 Å². The minimum atomic E-state index is -0.363. The summed E-state index contributed by atoms with van der Waals surface area (Å²) in [7, 11) is 0. The van der Waals surface area contributed by atoms with Gasteiger partial charge in [-0.05, 0) is 49.5 Å². The summed E-state index contributed by atoms with van der Waals surface area (Å²) in [4.78, 5) is 4.55. The van der Waals surface area contributed by atoms with E-state index < -0.39 is 0 Å². The highest BCUT2D eigenvalue weighted by molar-refractivity contribution is 5.32. The Bertz CT molecular complexity index is 558. The van der Waals surface area contributed by atoms with Crippen molar-refractivity contribution in [2.75, 3.05) is 32.7 Å². The number of aliphatic hydroxyl groups excluding tert-OH is 1. The highest BCUT2D eigenvalue weighted by atomic mass is 16.3. The number of nitrogens with zero attached hydrogens (tertiary/aromatic N) is 3. The lowest BCUT2D eigenvalue weighted by molar-refractivity contribution is 0.0624. The molecule has 1 aliphatic heterocycles. The van der Waals surface area contributed by atoms with E-state index >= 15 is 0 Å². The van der Waals surface area contributed by atoms with Crippen LogP contribution >= 0.6 is 0 Å². The molecule has 130 valence electrons. The first-order valence-corrected chi connectivity index (χ1v) is 8.83. The molecular weight excluding hydrogens is 298 g/mol. The number of likely N-dealkylation sites (tertiary alicyclic amines) is 1. The third kappa shape index (κ3) is 6.09. The molecule has 0 amide bonds. The van der Waals surface area contributed by atoms with Crippen molar-refractivity contribution in [1.29, 1.82) is 5.26 Å². The molecule has 1 heterocycles. The second kappa shape index (κ2) is 9.58. The minimum absolute atomic E-state index is 0.363. The van der Waals surface area contributed by atoms with E-state index in [9.17, 15) is 5.11 Å². The number of β-amino-alcohol motifs (C(OH)–C–C–N with tert-alkyl or cyclic N) is 1. The molecule has 0 bridgehead atoms. The summed E-state index contributed by atoms with van der Waals surface area (Å²) in [6, 6.07) is 9.83. The summed E-state index contributed by atoms with van der Waals surface area (Å²) in [5, 5.41) is 19.5. The van der Waals surface area contributed by atoms with Gasteiger partial charge in [0.05, 0.1) is 17.7 Å². The fourth-order valence-electron chi connectivity index (χ4n) is 3.28. The number of nitriles is 1. The van der Waals surface area contributed by atoms with E-state index in [1.165, 1.54) is 12.8 Å². The molecule has 1 aromatic rings. The summed E-state index contributed by atoms with van der Waals surface area (Å²) < 4.78 is 0. The van der Waals surface area contributed by atoms with E-state index in [0.717, 1.165) is 44.2 Å². The van der Waals surface area contributed by atoms with E-state index in [-0.39, 0.29) is 6.10 Å². The monoisotopic (exact) mass is 327 g/mol. The molecule has 2 rings (SSSR count). The van der Waals surface area contributed by atoms with Gasteiger partial charge in [-0.15, -0.1) is 6.58 Å². The van der Waals surface area contributed by atoms with E-state index in [1.807, 2.05) is 30.3 Å². The largest absolute Gasteiger partial charge is 0.390 e. The zero-order chi connectivity index (χ0) is 17.4. The predicted octanol–water partition coefficient (Wildman–Crippen LogP) is 2.64. The highest BCUT2D eigenvalue weighted by Crippen LogP contribution is 2.16. The van der Waals surface area contributed by atoms with Crippen molar-refractivity contribution in [3.05, 3.63) is 48.0 Å². The normalized spacial score (nSPS) is 17.6. The van der Waals surface area contributed by atoms with Crippen LogP contribution in [0.4, 0.5) is 0 Å². The van der Waals surface area contributed by atoms with Crippen molar-refractivity contribution in [2.24, 2.45) is 5.92 Å². The van der Waals surface area contributed by atoms with Crippen molar-refractivity contribution in [1.82, 2.24) is 9.80 Å². The molecule has 1 N–H and O–H groups in total. The van der Waals surface area contributed by atoms with Crippen molar-refractivity contribution >= 4 is 0 Å². The molecule has 1 aliphatic rings. The number of hydrogen-bond donors (Lipinski definition) is 1. The van der Waals surface area contributed by atoms with Crippen molar-refractivity contribution < 1.29 is 5.11 Å². The molecule has 24 heavy (non-hydrogen) atoms. The van der Waals surface area contributed by atoms with Gasteiger partial charge in [0.15, 0.2) is 0 Å². The molecule has 0 aromatic heterocycles. The first kappa shape index (κ1) is 18.7. The van der Waals surface area contributed by atoms with Gasteiger partial charge in [0.1, 0.15) is 0 Å². The quantitative estimate of drug-likeness (QED) is 0.746. The number of aliphatic hydroxyl groups is 1. The first-order chi connectivity index (χ1) is 11.6. The second-order valence-corrected chi connectivity index (χ2v) is 6.93. The Morgan fingerprint density at radius 2 is 2.21 bits per heavy atom. The Morgan fingerprint density at radius 1 is 1.46 bits per heavy atom. The van der Waals surface area contributed by atoms with Gasteiger partial charge in [0.25, 0.3) is 0 Å². The maximum Gasteiger partial charge on any atom is 0.0991 e. The molecule has 1 unspecified atom stereocenters. The van der Waals surface area contributed by atoms with E-state index in [1.54, 1.807) is 0 Å². The number of hydrogen-bond acceptors (Lipinski definition) is 4. The van der Waals surface area contributed by atoms with Gasteiger partial charge in [-0.3, -0.25) is 4.90 Å². The van der Waals surface area contributed by atoms with Crippen molar-refractivity contribution in [3.63, 3.8) is 0 Å². The van der Waals surface area contributed by atoms with Crippen LogP contribution < -0.4 is 0 Å². The maximum absolute atomic E-state index is 10.5. The van der Waals surface area contributed by atoms with Crippen LogP contribution in [0.5, 0.6) is 0 Å². The summed E-state index contributed by atoms with van der Waals surface area (Å²) >= 11 is 0. The second-order valence-electron chi connectivity index (χ2n) is 6.93. The zero-order valence-electron chi connectivity index (χ0n) is 14.7. The van der Waals surface area contributed by atoms with Crippen LogP contribution in [0.3, 0.4) is 0 Å². The summed E-state index contributed by atoms with van der Waals surface area (Å²) in [5.41, 5.74) is 1.77. The average Bonchev–Trinajstić information content (AvgIpc) is 2.57. The van der Waals surface area contributed by atoms with Gasteiger partial charge in [-0.1, -0.05) is 25.1 Å². The van der Waals surface area contributed by atoms with Crippen molar-refractivity contribution in [2.45, 2.75) is 32.4 Å². The molecule has 1 fully saturated rings. The molecule has 0 saturated carbocycles. The van der Waals surface area contributed by atoms with Gasteiger partial charge in [0, 0.05) is 26.2 Å².